The maximum Gasteiger partial charge on any atom is 0.151 e. The number of aldehydes is 1. The van der Waals surface area contributed by atoms with Gasteiger partial charge in [-0.25, -0.2) is 0 Å². The second-order valence-electron chi connectivity index (χ2n) is 3.81. The lowest BCUT2D eigenvalue weighted by atomic mass is 10.1. The van der Waals surface area contributed by atoms with E-state index in [1.807, 2.05) is 12.3 Å². The summed E-state index contributed by atoms with van der Waals surface area (Å²) in [5, 5.41) is 0. The molecule has 1 aliphatic rings. The van der Waals surface area contributed by atoms with Gasteiger partial charge in [-0.2, -0.15) is 0 Å². The van der Waals surface area contributed by atoms with E-state index < -0.39 is 0 Å². The lowest BCUT2D eigenvalue weighted by Crippen LogP contribution is -2.17. The van der Waals surface area contributed by atoms with Gasteiger partial charge in [0.1, 0.15) is 0 Å². The molecule has 0 saturated carbocycles. The molecule has 0 spiro atoms. The maximum absolute atomic E-state index is 10.6. The van der Waals surface area contributed by atoms with Crippen LogP contribution in [-0.2, 0) is 0 Å². The Bertz CT molecular complexity index is 338. The Balaban J connectivity index is 2.26. The van der Waals surface area contributed by atoms with Crippen molar-refractivity contribution in [1.82, 2.24) is 9.88 Å². The molecule has 0 aliphatic carbocycles. The molecular formula is C11H14N2O. The van der Waals surface area contributed by atoms with E-state index in [-0.39, 0.29) is 0 Å². The van der Waals surface area contributed by atoms with E-state index in [9.17, 15) is 4.79 Å². The van der Waals surface area contributed by atoms with Crippen molar-refractivity contribution >= 4 is 6.29 Å². The van der Waals surface area contributed by atoms with Crippen LogP contribution in [-0.4, -0.2) is 29.8 Å². The summed E-state index contributed by atoms with van der Waals surface area (Å²) in [4.78, 5) is 17.0. The van der Waals surface area contributed by atoms with Gasteiger partial charge in [-0.15, -0.1) is 0 Å². The van der Waals surface area contributed by atoms with E-state index in [1.54, 1.807) is 6.20 Å². The van der Waals surface area contributed by atoms with Crippen LogP contribution < -0.4 is 0 Å². The van der Waals surface area contributed by atoms with Crippen molar-refractivity contribution in [1.29, 1.82) is 0 Å². The summed E-state index contributed by atoms with van der Waals surface area (Å²) in [6.45, 7) is 1.13. The van der Waals surface area contributed by atoms with Crippen LogP contribution in [0.5, 0.6) is 0 Å². The van der Waals surface area contributed by atoms with Crippen LogP contribution in [0.1, 0.15) is 34.8 Å². The number of hydrogen-bond donors (Lipinski definition) is 0. The second kappa shape index (κ2) is 3.88. The Morgan fingerprint density at radius 2 is 2.43 bits per heavy atom. The topological polar surface area (TPSA) is 33.2 Å². The second-order valence-corrected chi connectivity index (χ2v) is 3.81. The standard InChI is InChI=1S/C11H14N2O/c1-13-4-2-3-11(13)10-5-9(8-14)6-12-7-10/h5-8,11H,2-4H2,1H3. The lowest BCUT2D eigenvalue weighted by molar-refractivity contribution is 0.112. The Morgan fingerprint density at radius 3 is 3.07 bits per heavy atom. The van der Waals surface area contributed by atoms with Crippen LogP contribution in [0.2, 0.25) is 0 Å². The molecule has 74 valence electrons. The van der Waals surface area contributed by atoms with Crippen molar-refractivity contribution in [3.05, 3.63) is 29.6 Å². The predicted molar refractivity (Wildman–Crippen MR) is 54.2 cm³/mol. The van der Waals surface area contributed by atoms with Gasteiger partial charge in [-0.05, 0) is 38.1 Å². The molecule has 1 unspecified atom stereocenters. The summed E-state index contributed by atoms with van der Waals surface area (Å²) >= 11 is 0. The van der Waals surface area contributed by atoms with Crippen LogP contribution in [0.25, 0.3) is 0 Å². The molecule has 1 aromatic rings. The average molecular weight is 190 g/mol. The van der Waals surface area contributed by atoms with Crippen LogP contribution >= 0.6 is 0 Å². The molecule has 2 rings (SSSR count). The monoisotopic (exact) mass is 190 g/mol. The van der Waals surface area contributed by atoms with Crippen molar-refractivity contribution in [2.24, 2.45) is 0 Å². The fourth-order valence-corrected chi connectivity index (χ4v) is 2.05. The Hall–Kier alpha value is -1.22. The van der Waals surface area contributed by atoms with Crippen molar-refractivity contribution in [3.63, 3.8) is 0 Å². The first-order valence-corrected chi connectivity index (χ1v) is 4.91. The quantitative estimate of drug-likeness (QED) is 0.665. The smallest absolute Gasteiger partial charge is 0.151 e. The van der Waals surface area contributed by atoms with Crippen molar-refractivity contribution in [2.75, 3.05) is 13.6 Å². The zero-order chi connectivity index (χ0) is 9.97. The van der Waals surface area contributed by atoms with Gasteiger partial charge < -0.3 is 0 Å². The minimum absolute atomic E-state index is 0.447. The molecule has 3 heteroatoms. The number of pyridine rings is 1. The van der Waals surface area contributed by atoms with Crippen LogP contribution in [0.4, 0.5) is 0 Å². The van der Waals surface area contributed by atoms with E-state index in [0.29, 0.717) is 11.6 Å². The molecule has 3 nitrogen and oxygen atoms in total. The molecule has 1 fully saturated rings. The average Bonchev–Trinajstić information content (AvgIpc) is 2.65. The first-order valence-electron chi connectivity index (χ1n) is 4.91. The van der Waals surface area contributed by atoms with Gasteiger partial charge in [0.05, 0.1) is 0 Å². The van der Waals surface area contributed by atoms with E-state index in [4.69, 9.17) is 0 Å². The molecule has 1 aromatic heterocycles. The van der Waals surface area contributed by atoms with Crippen LogP contribution in [0.15, 0.2) is 18.5 Å². The van der Waals surface area contributed by atoms with Gasteiger partial charge in [-0.1, -0.05) is 0 Å². The van der Waals surface area contributed by atoms with Gasteiger partial charge in [0.25, 0.3) is 0 Å². The molecule has 0 radical (unpaired) electrons. The zero-order valence-corrected chi connectivity index (χ0v) is 8.31. The highest BCUT2D eigenvalue weighted by Crippen LogP contribution is 2.29. The molecule has 0 bridgehead atoms. The molecule has 1 aliphatic heterocycles. The Morgan fingerprint density at radius 1 is 1.57 bits per heavy atom. The fourth-order valence-electron chi connectivity index (χ4n) is 2.05. The Labute approximate surface area is 83.8 Å². The number of rotatable bonds is 2. The number of nitrogens with zero attached hydrogens (tertiary/aromatic N) is 2. The number of carbonyl (C=O) groups is 1. The Kier molecular flexibility index (Phi) is 2.59. The van der Waals surface area contributed by atoms with E-state index in [0.717, 1.165) is 18.4 Å². The van der Waals surface area contributed by atoms with Crippen LogP contribution in [0.3, 0.4) is 0 Å². The van der Waals surface area contributed by atoms with Gasteiger partial charge in [0.15, 0.2) is 6.29 Å². The SMILES string of the molecule is CN1CCCC1c1cncc(C=O)c1. The molecule has 14 heavy (non-hydrogen) atoms. The largest absolute Gasteiger partial charge is 0.299 e. The van der Waals surface area contributed by atoms with Gasteiger partial charge >= 0.3 is 0 Å². The first-order chi connectivity index (χ1) is 6.81. The van der Waals surface area contributed by atoms with Crippen molar-refractivity contribution in [2.45, 2.75) is 18.9 Å². The maximum atomic E-state index is 10.6. The zero-order valence-electron chi connectivity index (χ0n) is 8.31. The molecule has 0 aromatic carbocycles. The normalized spacial score (nSPS) is 22.5. The number of aromatic nitrogens is 1. The van der Waals surface area contributed by atoms with E-state index in [1.165, 1.54) is 12.8 Å². The van der Waals surface area contributed by atoms with Gasteiger partial charge in [0.2, 0.25) is 0 Å². The number of carbonyl (C=O) groups excluding carboxylic acids is 1. The van der Waals surface area contributed by atoms with E-state index >= 15 is 0 Å². The minimum Gasteiger partial charge on any atom is -0.299 e. The molecule has 0 N–H and O–H groups in total. The molecule has 1 saturated heterocycles. The summed E-state index contributed by atoms with van der Waals surface area (Å²) in [5.74, 6) is 0. The molecule has 0 amide bonds. The van der Waals surface area contributed by atoms with Crippen molar-refractivity contribution < 1.29 is 4.79 Å². The summed E-state index contributed by atoms with van der Waals surface area (Å²) in [7, 11) is 2.12. The van der Waals surface area contributed by atoms with Gasteiger partial charge in [0, 0.05) is 24.0 Å². The summed E-state index contributed by atoms with van der Waals surface area (Å²) in [6, 6.07) is 2.38. The van der Waals surface area contributed by atoms with E-state index in [2.05, 4.69) is 16.9 Å². The van der Waals surface area contributed by atoms with Crippen molar-refractivity contribution in [3.8, 4) is 0 Å². The number of hydrogen-bond acceptors (Lipinski definition) is 3. The third-order valence-electron chi connectivity index (χ3n) is 2.82. The third kappa shape index (κ3) is 1.68. The number of likely N-dealkylation sites (tertiary alicyclic amines) is 1. The summed E-state index contributed by atoms with van der Waals surface area (Å²) in [5.41, 5.74) is 1.83. The molecule has 2 heterocycles. The van der Waals surface area contributed by atoms with Crippen LogP contribution in [0, 0.1) is 0 Å². The van der Waals surface area contributed by atoms with Gasteiger partial charge in [-0.3, -0.25) is 14.7 Å². The highest BCUT2D eigenvalue weighted by Gasteiger charge is 2.22. The lowest BCUT2D eigenvalue weighted by Gasteiger charge is -2.19. The molecule has 1 atom stereocenters. The third-order valence-corrected chi connectivity index (χ3v) is 2.82. The highest BCUT2D eigenvalue weighted by molar-refractivity contribution is 5.74. The minimum atomic E-state index is 0.447. The molecular weight excluding hydrogens is 176 g/mol. The fraction of sp³-hybridized carbons (Fsp3) is 0.455. The highest BCUT2D eigenvalue weighted by atomic mass is 16.1. The first kappa shape index (κ1) is 9.34. The summed E-state index contributed by atoms with van der Waals surface area (Å²) < 4.78 is 0. The predicted octanol–water partition coefficient (Wildman–Crippen LogP) is 1.66. The summed E-state index contributed by atoms with van der Waals surface area (Å²) in [6.07, 6.45) is 6.71.